The van der Waals surface area contributed by atoms with Crippen LogP contribution in [0.25, 0.3) is 27.5 Å². The third kappa shape index (κ3) is 6.01. The number of ether oxygens (including phenoxy) is 1. The van der Waals surface area contributed by atoms with Crippen LogP contribution in [-0.4, -0.2) is 33.6 Å². The number of hydrogen-bond acceptors (Lipinski definition) is 6. The number of carbonyl (C=O) groups excluding carboxylic acids is 1. The number of rotatable bonds is 7. The number of aryl methyl sites for hydroxylation is 2. The van der Waals surface area contributed by atoms with Crippen molar-refractivity contribution in [1.29, 1.82) is 0 Å². The van der Waals surface area contributed by atoms with E-state index in [4.69, 9.17) is 0 Å². The third-order valence-corrected chi connectivity index (χ3v) is 6.63. The number of benzene rings is 4. The maximum atomic E-state index is 12.4. The smallest absolute Gasteiger partial charge is 0.406 e. The number of nitrogens with zero attached hydrogens (tertiary/aromatic N) is 4. The van der Waals surface area contributed by atoms with Gasteiger partial charge in [0.1, 0.15) is 11.3 Å². The second-order valence-electron chi connectivity index (χ2n) is 8.80. The molecule has 0 atom stereocenters. The van der Waals surface area contributed by atoms with Gasteiger partial charge >= 0.3 is 12.4 Å². The van der Waals surface area contributed by atoms with Crippen LogP contribution in [0.15, 0.2) is 77.2 Å². The Morgan fingerprint density at radius 2 is 1.90 bits per heavy atom. The number of amides is 2. The fraction of sp³-hybridized carbons (Fsp3) is 0.143. The summed E-state index contributed by atoms with van der Waals surface area (Å²) in [6.45, 7) is 3.98. The van der Waals surface area contributed by atoms with E-state index < -0.39 is 6.36 Å². The number of urea groups is 1. The molecule has 0 saturated carbocycles. The average Bonchev–Trinajstić information content (AvgIpc) is 3.36. The minimum atomic E-state index is -4.76. The summed E-state index contributed by atoms with van der Waals surface area (Å²) >= 11 is 0.918. The largest absolute Gasteiger partial charge is 0.573 e. The molecule has 5 aromatic rings. The van der Waals surface area contributed by atoms with Crippen LogP contribution in [0, 0.1) is 6.92 Å². The molecule has 0 aliphatic heterocycles. The molecule has 2 amide bonds. The number of para-hydroxylation sites is 1. The van der Waals surface area contributed by atoms with E-state index in [2.05, 4.69) is 29.5 Å². The second kappa shape index (κ2) is 11.3. The highest BCUT2D eigenvalue weighted by molar-refractivity contribution is 7.96. The van der Waals surface area contributed by atoms with Crippen molar-refractivity contribution in [2.75, 3.05) is 5.32 Å². The minimum absolute atomic E-state index is 0.314. The van der Waals surface area contributed by atoms with Crippen LogP contribution in [0.1, 0.15) is 23.6 Å². The van der Waals surface area contributed by atoms with Crippen LogP contribution in [-0.2, 0) is 6.42 Å². The molecule has 5 rings (SSSR count). The van der Waals surface area contributed by atoms with Gasteiger partial charge in [0.25, 0.3) is 0 Å². The van der Waals surface area contributed by atoms with Crippen molar-refractivity contribution in [3.05, 3.63) is 89.5 Å². The summed E-state index contributed by atoms with van der Waals surface area (Å²) in [6.07, 6.45) is -2.31. The predicted octanol–water partition coefficient (Wildman–Crippen LogP) is 7.15. The Labute approximate surface area is 231 Å². The Kier molecular flexibility index (Phi) is 7.60. The lowest BCUT2D eigenvalue weighted by molar-refractivity contribution is -0.274. The summed E-state index contributed by atoms with van der Waals surface area (Å²) < 4.78 is 49.7. The van der Waals surface area contributed by atoms with Gasteiger partial charge in [0, 0.05) is 17.3 Å². The molecule has 204 valence electrons. The van der Waals surface area contributed by atoms with E-state index in [1.165, 1.54) is 24.3 Å². The number of alkyl halides is 3. The maximum Gasteiger partial charge on any atom is 0.573 e. The zero-order valence-electron chi connectivity index (χ0n) is 21.4. The number of fused-ring (bicyclic) bond motifs is 3. The van der Waals surface area contributed by atoms with E-state index in [1.807, 2.05) is 62.4 Å². The zero-order chi connectivity index (χ0) is 28.3. The van der Waals surface area contributed by atoms with E-state index in [0.29, 0.717) is 16.7 Å². The molecule has 0 aliphatic carbocycles. The maximum absolute atomic E-state index is 12.4. The summed E-state index contributed by atoms with van der Waals surface area (Å²) in [5.41, 5.74) is 5.56. The van der Waals surface area contributed by atoms with Gasteiger partial charge in [0.15, 0.2) is 0 Å². The first-order valence-corrected chi connectivity index (χ1v) is 13.0. The second-order valence-corrected chi connectivity index (χ2v) is 9.40. The Morgan fingerprint density at radius 3 is 2.65 bits per heavy atom. The monoisotopic (exact) mass is 564 g/mol. The summed E-state index contributed by atoms with van der Waals surface area (Å²) in [7, 11) is 0. The summed E-state index contributed by atoms with van der Waals surface area (Å²) in [5.74, 6) is -0.314. The molecular weight excluding hydrogens is 541 g/mol. The molecule has 4 aromatic carbocycles. The quantitative estimate of drug-likeness (QED) is 0.162. The first kappa shape index (κ1) is 27.0. The lowest BCUT2D eigenvalue weighted by Crippen LogP contribution is -2.23. The summed E-state index contributed by atoms with van der Waals surface area (Å²) in [6, 6.07) is 20.4. The van der Waals surface area contributed by atoms with Crippen LogP contribution in [0.4, 0.5) is 23.7 Å². The van der Waals surface area contributed by atoms with Gasteiger partial charge in [0.05, 0.1) is 23.3 Å². The van der Waals surface area contributed by atoms with Crippen molar-refractivity contribution in [2.45, 2.75) is 26.6 Å². The standard InChI is InChI=1S/C28H23F3N6O2S/c1-3-19-6-4-5-17(2)25(19)33-27(38)35-40-32-16-18-7-13-23-20(15-18)8-14-24-26(23)34-36-37(24)21-9-11-22(12-10-21)39-28(29,30)31/h4-16H,3H2,1-2H3,(H2,33,35,38)/b32-16+. The molecule has 0 bridgehead atoms. The van der Waals surface area contributed by atoms with Gasteiger partial charge in [-0.1, -0.05) is 48.5 Å². The molecule has 0 saturated heterocycles. The fourth-order valence-electron chi connectivity index (χ4n) is 4.29. The van der Waals surface area contributed by atoms with Crippen molar-refractivity contribution >= 4 is 51.9 Å². The van der Waals surface area contributed by atoms with Crippen LogP contribution in [0.2, 0.25) is 0 Å². The fourth-order valence-corrected chi connectivity index (χ4v) is 4.65. The molecule has 0 spiro atoms. The molecule has 2 N–H and O–H groups in total. The van der Waals surface area contributed by atoms with Crippen LogP contribution < -0.4 is 14.8 Å². The topological polar surface area (TPSA) is 93.4 Å². The van der Waals surface area contributed by atoms with E-state index in [-0.39, 0.29) is 11.8 Å². The highest BCUT2D eigenvalue weighted by Gasteiger charge is 2.31. The van der Waals surface area contributed by atoms with Crippen molar-refractivity contribution in [3.8, 4) is 11.4 Å². The average molecular weight is 565 g/mol. The Hall–Kier alpha value is -4.58. The first-order chi connectivity index (χ1) is 19.2. The number of aromatic nitrogens is 3. The molecule has 1 aromatic heterocycles. The van der Waals surface area contributed by atoms with Gasteiger partial charge in [-0.2, -0.15) is 0 Å². The molecule has 0 aliphatic rings. The number of hydrogen-bond donors (Lipinski definition) is 2. The van der Waals surface area contributed by atoms with Crippen molar-refractivity contribution < 1.29 is 22.7 Å². The molecule has 0 unspecified atom stereocenters. The summed E-state index contributed by atoms with van der Waals surface area (Å²) in [5, 5.41) is 13.1. The highest BCUT2D eigenvalue weighted by atomic mass is 32.2. The van der Waals surface area contributed by atoms with Gasteiger partial charge in [-0.3, -0.25) is 4.72 Å². The third-order valence-electron chi connectivity index (χ3n) is 6.14. The van der Waals surface area contributed by atoms with Gasteiger partial charge in [-0.05, 0) is 71.8 Å². The van der Waals surface area contributed by atoms with Gasteiger partial charge in [0.2, 0.25) is 0 Å². The van der Waals surface area contributed by atoms with Gasteiger partial charge in [-0.15, -0.1) is 18.3 Å². The predicted molar refractivity (Wildman–Crippen MR) is 151 cm³/mol. The van der Waals surface area contributed by atoms with E-state index >= 15 is 0 Å². The Morgan fingerprint density at radius 1 is 1.10 bits per heavy atom. The molecule has 40 heavy (non-hydrogen) atoms. The van der Waals surface area contributed by atoms with Crippen molar-refractivity contribution in [3.63, 3.8) is 0 Å². The van der Waals surface area contributed by atoms with Crippen LogP contribution in [0.3, 0.4) is 0 Å². The lowest BCUT2D eigenvalue weighted by atomic mass is 10.1. The number of halogens is 3. The Bertz CT molecular complexity index is 1720. The van der Waals surface area contributed by atoms with Crippen molar-refractivity contribution in [2.24, 2.45) is 4.40 Å². The van der Waals surface area contributed by atoms with Crippen LogP contribution in [0.5, 0.6) is 5.75 Å². The van der Waals surface area contributed by atoms with Crippen LogP contribution >= 0.6 is 12.1 Å². The Balaban J connectivity index is 1.26. The van der Waals surface area contributed by atoms with E-state index in [9.17, 15) is 18.0 Å². The minimum Gasteiger partial charge on any atom is -0.406 e. The lowest BCUT2D eigenvalue weighted by Gasteiger charge is -2.12. The first-order valence-electron chi connectivity index (χ1n) is 12.2. The molecule has 0 fully saturated rings. The molecule has 0 radical (unpaired) electrons. The van der Waals surface area contributed by atoms with E-state index in [0.717, 1.165) is 51.7 Å². The molecule has 8 nitrogen and oxygen atoms in total. The van der Waals surface area contributed by atoms with Gasteiger partial charge < -0.3 is 10.1 Å². The van der Waals surface area contributed by atoms with Crippen molar-refractivity contribution in [1.82, 2.24) is 19.7 Å². The SMILES string of the molecule is CCc1cccc(C)c1NC(=O)NS/N=C/c1ccc2c(ccc3c2nnn3-c2ccc(OC(F)(F)F)cc2)c1. The van der Waals surface area contributed by atoms with E-state index in [1.54, 1.807) is 10.9 Å². The normalized spacial score (nSPS) is 11.8. The molecule has 1 heterocycles. The highest BCUT2D eigenvalue weighted by Crippen LogP contribution is 2.28. The summed E-state index contributed by atoms with van der Waals surface area (Å²) in [4.78, 5) is 12.3. The zero-order valence-corrected chi connectivity index (χ0v) is 22.2. The molecule has 12 heteroatoms. The number of anilines is 1. The number of carbonyl (C=O) groups is 1. The number of nitrogens with one attached hydrogen (secondary N) is 2. The van der Waals surface area contributed by atoms with Gasteiger partial charge in [-0.25, -0.2) is 13.9 Å². The molecular formula is C28H23F3N6O2S.